The van der Waals surface area contributed by atoms with Crippen molar-refractivity contribution in [2.75, 3.05) is 6.54 Å². The standard InChI is InChI=1S/C13H22N4O/c1-13(2,3)17-9-10(8-16-17)7-15-11-5-4-6-14-12(11)18/h8-9,11,15H,4-7H2,1-3H3,(H,14,18). The molecule has 1 atom stereocenters. The Labute approximate surface area is 108 Å². The highest BCUT2D eigenvalue weighted by Crippen LogP contribution is 2.13. The Morgan fingerprint density at radius 3 is 2.94 bits per heavy atom. The van der Waals surface area contributed by atoms with Crippen LogP contribution in [0.2, 0.25) is 0 Å². The van der Waals surface area contributed by atoms with E-state index in [1.807, 2.05) is 17.1 Å². The van der Waals surface area contributed by atoms with Crippen LogP contribution in [0.4, 0.5) is 0 Å². The highest BCUT2D eigenvalue weighted by atomic mass is 16.2. The summed E-state index contributed by atoms with van der Waals surface area (Å²) in [7, 11) is 0. The number of hydrogen-bond donors (Lipinski definition) is 2. The van der Waals surface area contributed by atoms with E-state index >= 15 is 0 Å². The number of nitrogens with zero attached hydrogens (tertiary/aromatic N) is 2. The third-order valence-corrected chi connectivity index (χ3v) is 3.16. The van der Waals surface area contributed by atoms with Gasteiger partial charge in [0.2, 0.25) is 5.91 Å². The lowest BCUT2D eigenvalue weighted by molar-refractivity contribution is -0.124. The number of nitrogens with one attached hydrogen (secondary N) is 2. The molecule has 0 spiro atoms. The minimum atomic E-state index is -0.0586. The molecule has 5 nitrogen and oxygen atoms in total. The van der Waals surface area contributed by atoms with Crippen LogP contribution in [-0.4, -0.2) is 28.3 Å². The number of carbonyl (C=O) groups excluding carboxylic acids is 1. The number of amides is 1. The molecule has 1 aliphatic heterocycles. The first-order valence-electron chi connectivity index (χ1n) is 6.52. The van der Waals surface area contributed by atoms with E-state index in [-0.39, 0.29) is 17.5 Å². The smallest absolute Gasteiger partial charge is 0.237 e. The highest BCUT2D eigenvalue weighted by Gasteiger charge is 2.21. The first kappa shape index (κ1) is 13.1. The lowest BCUT2D eigenvalue weighted by atomic mass is 10.1. The van der Waals surface area contributed by atoms with Crippen LogP contribution in [0.25, 0.3) is 0 Å². The molecule has 0 aromatic carbocycles. The largest absolute Gasteiger partial charge is 0.355 e. The van der Waals surface area contributed by atoms with E-state index < -0.39 is 0 Å². The summed E-state index contributed by atoms with van der Waals surface area (Å²) in [6.07, 6.45) is 5.86. The average molecular weight is 250 g/mol. The molecule has 0 saturated carbocycles. The minimum Gasteiger partial charge on any atom is -0.355 e. The first-order valence-corrected chi connectivity index (χ1v) is 6.52. The SMILES string of the molecule is CC(C)(C)n1cc(CNC2CCCNC2=O)cn1. The zero-order valence-electron chi connectivity index (χ0n) is 11.4. The maximum Gasteiger partial charge on any atom is 0.237 e. The molecule has 2 heterocycles. The summed E-state index contributed by atoms with van der Waals surface area (Å²) in [6, 6.07) is -0.0586. The third kappa shape index (κ3) is 3.10. The number of rotatable bonds is 3. The molecule has 1 aromatic heterocycles. The molecular weight excluding hydrogens is 228 g/mol. The summed E-state index contributed by atoms with van der Waals surface area (Å²) in [6.45, 7) is 7.84. The molecule has 18 heavy (non-hydrogen) atoms. The topological polar surface area (TPSA) is 59.0 Å². The van der Waals surface area contributed by atoms with Crippen LogP contribution >= 0.6 is 0 Å². The van der Waals surface area contributed by atoms with E-state index in [4.69, 9.17) is 0 Å². The Bertz CT molecular complexity index is 419. The summed E-state index contributed by atoms with van der Waals surface area (Å²) < 4.78 is 1.95. The van der Waals surface area contributed by atoms with Crippen molar-refractivity contribution in [1.82, 2.24) is 20.4 Å². The second kappa shape index (κ2) is 5.10. The Kier molecular flexibility index (Phi) is 3.71. The molecule has 2 rings (SSSR count). The fourth-order valence-electron chi connectivity index (χ4n) is 2.03. The molecule has 1 aromatic rings. The summed E-state index contributed by atoms with van der Waals surface area (Å²) in [5.74, 6) is 0.115. The number of piperidine rings is 1. The number of aromatic nitrogens is 2. The molecule has 1 fully saturated rings. The zero-order valence-corrected chi connectivity index (χ0v) is 11.4. The molecule has 1 aliphatic rings. The van der Waals surface area contributed by atoms with Crippen molar-refractivity contribution in [3.05, 3.63) is 18.0 Å². The van der Waals surface area contributed by atoms with Crippen LogP contribution in [-0.2, 0) is 16.9 Å². The quantitative estimate of drug-likeness (QED) is 0.841. The van der Waals surface area contributed by atoms with Gasteiger partial charge in [-0.05, 0) is 33.6 Å². The van der Waals surface area contributed by atoms with Gasteiger partial charge in [-0.15, -0.1) is 0 Å². The van der Waals surface area contributed by atoms with Gasteiger partial charge < -0.3 is 10.6 Å². The van der Waals surface area contributed by atoms with Gasteiger partial charge in [0.15, 0.2) is 0 Å². The van der Waals surface area contributed by atoms with Gasteiger partial charge in [-0.3, -0.25) is 9.48 Å². The summed E-state index contributed by atoms with van der Waals surface area (Å²) in [5, 5.41) is 10.5. The van der Waals surface area contributed by atoms with Crippen molar-refractivity contribution >= 4 is 5.91 Å². The van der Waals surface area contributed by atoms with Gasteiger partial charge in [0.25, 0.3) is 0 Å². The van der Waals surface area contributed by atoms with E-state index in [9.17, 15) is 4.79 Å². The normalized spacial score (nSPS) is 20.8. The number of hydrogen-bond acceptors (Lipinski definition) is 3. The van der Waals surface area contributed by atoms with Gasteiger partial charge in [-0.25, -0.2) is 0 Å². The van der Waals surface area contributed by atoms with Gasteiger partial charge in [0.1, 0.15) is 0 Å². The predicted molar refractivity (Wildman–Crippen MR) is 70.1 cm³/mol. The Hall–Kier alpha value is -1.36. The molecular formula is C13H22N4O. The average Bonchev–Trinajstić information content (AvgIpc) is 2.76. The highest BCUT2D eigenvalue weighted by molar-refractivity contribution is 5.82. The van der Waals surface area contributed by atoms with Crippen LogP contribution in [0, 0.1) is 0 Å². The van der Waals surface area contributed by atoms with Crippen molar-refractivity contribution < 1.29 is 4.79 Å². The summed E-state index contributed by atoms with van der Waals surface area (Å²) in [4.78, 5) is 11.6. The second-order valence-corrected chi connectivity index (χ2v) is 5.83. The van der Waals surface area contributed by atoms with Gasteiger partial charge >= 0.3 is 0 Å². The van der Waals surface area contributed by atoms with Crippen LogP contribution < -0.4 is 10.6 Å². The van der Waals surface area contributed by atoms with Crippen molar-refractivity contribution in [3.8, 4) is 0 Å². The van der Waals surface area contributed by atoms with Crippen LogP contribution in [0.1, 0.15) is 39.2 Å². The molecule has 1 unspecified atom stereocenters. The molecule has 2 N–H and O–H groups in total. The molecule has 5 heteroatoms. The van der Waals surface area contributed by atoms with Crippen molar-refractivity contribution in [2.45, 2.75) is 51.7 Å². The van der Waals surface area contributed by atoms with E-state index in [1.54, 1.807) is 0 Å². The second-order valence-electron chi connectivity index (χ2n) is 5.83. The lowest BCUT2D eigenvalue weighted by Gasteiger charge is -2.22. The minimum absolute atomic E-state index is 0.000460. The van der Waals surface area contributed by atoms with Gasteiger partial charge in [0, 0.05) is 24.8 Å². The summed E-state index contributed by atoms with van der Waals surface area (Å²) >= 11 is 0. The Balaban J connectivity index is 1.90. The maximum atomic E-state index is 11.6. The molecule has 0 radical (unpaired) electrons. The van der Waals surface area contributed by atoms with Gasteiger partial charge in [0.05, 0.1) is 17.8 Å². The molecule has 100 valence electrons. The zero-order chi connectivity index (χ0) is 13.2. The Morgan fingerprint density at radius 2 is 2.33 bits per heavy atom. The number of carbonyl (C=O) groups is 1. The van der Waals surface area contributed by atoms with Crippen LogP contribution in [0.15, 0.2) is 12.4 Å². The fourth-order valence-corrected chi connectivity index (χ4v) is 2.03. The lowest BCUT2D eigenvalue weighted by Crippen LogP contribution is -2.47. The van der Waals surface area contributed by atoms with Crippen LogP contribution in [0.5, 0.6) is 0 Å². The fraction of sp³-hybridized carbons (Fsp3) is 0.692. The van der Waals surface area contributed by atoms with Crippen LogP contribution in [0.3, 0.4) is 0 Å². The van der Waals surface area contributed by atoms with Gasteiger partial charge in [-0.1, -0.05) is 0 Å². The summed E-state index contributed by atoms with van der Waals surface area (Å²) in [5.41, 5.74) is 1.11. The van der Waals surface area contributed by atoms with Crippen molar-refractivity contribution in [2.24, 2.45) is 0 Å². The monoisotopic (exact) mass is 250 g/mol. The predicted octanol–water partition coefficient (Wildman–Crippen LogP) is 1.01. The van der Waals surface area contributed by atoms with Gasteiger partial charge in [-0.2, -0.15) is 5.10 Å². The Morgan fingerprint density at radius 1 is 1.56 bits per heavy atom. The molecule has 1 saturated heterocycles. The van der Waals surface area contributed by atoms with Crippen molar-refractivity contribution in [3.63, 3.8) is 0 Å². The molecule has 0 bridgehead atoms. The van der Waals surface area contributed by atoms with E-state index in [0.717, 1.165) is 24.9 Å². The van der Waals surface area contributed by atoms with E-state index in [2.05, 4.69) is 36.5 Å². The van der Waals surface area contributed by atoms with E-state index in [1.165, 1.54) is 0 Å². The molecule has 0 aliphatic carbocycles. The van der Waals surface area contributed by atoms with E-state index in [0.29, 0.717) is 6.54 Å². The molecule has 1 amide bonds. The van der Waals surface area contributed by atoms with Crippen molar-refractivity contribution in [1.29, 1.82) is 0 Å². The first-order chi connectivity index (χ1) is 8.47. The third-order valence-electron chi connectivity index (χ3n) is 3.16. The maximum absolute atomic E-state index is 11.6.